The van der Waals surface area contributed by atoms with E-state index in [2.05, 4.69) is 4.98 Å². The Morgan fingerprint density at radius 3 is 2.26 bits per heavy atom. The lowest BCUT2D eigenvalue weighted by molar-refractivity contribution is -0.155. The first-order valence-corrected chi connectivity index (χ1v) is 10.7. The summed E-state index contributed by atoms with van der Waals surface area (Å²) in [5, 5.41) is 9.78. The number of pyridine rings is 1. The quantitative estimate of drug-likeness (QED) is 0.341. The van der Waals surface area contributed by atoms with E-state index in [4.69, 9.17) is 15.2 Å². The third-order valence-electron chi connectivity index (χ3n) is 5.44. The van der Waals surface area contributed by atoms with E-state index in [-0.39, 0.29) is 11.3 Å². The largest absolute Gasteiger partial charge is 0.478 e. The predicted molar refractivity (Wildman–Crippen MR) is 126 cm³/mol. The molecule has 1 heterocycles. The van der Waals surface area contributed by atoms with E-state index in [1.165, 1.54) is 19.1 Å². The van der Waals surface area contributed by atoms with Gasteiger partial charge < -0.3 is 20.3 Å². The molecule has 0 aliphatic rings. The molecule has 0 radical (unpaired) electrons. The second-order valence-electron chi connectivity index (χ2n) is 7.90. The van der Waals surface area contributed by atoms with Gasteiger partial charge in [-0.15, -0.1) is 0 Å². The predicted octanol–water partition coefficient (Wildman–Crippen LogP) is 5.66. The number of hydrogen-bond donors (Lipinski definition) is 2. The van der Waals surface area contributed by atoms with E-state index in [9.17, 15) is 18.7 Å². The van der Waals surface area contributed by atoms with E-state index in [0.717, 1.165) is 16.7 Å². The fourth-order valence-electron chi connectivity index (χ4n) is 3.48. The fraction of sp³-hybridized carbons (Fsp3) is 0.111. The number of hydrogen-bond acceptors (Lipinski definition) is 5. The Morgan fingerprint density at radius 2 is 1.57 bits per heavy atom. The summed E-state index contributed by atoms with van der Waals surface area (Å²) in [6.07, 6.45) is 0. The van der Waals surface area contributed by atoms with Gasteiger partial charge in [-0.1, -0.05) is 60.7 Å². The molecular weight excluding hydrogens is 454 g/mol. The number of benzene rings is 3. The maximum atomic E-state index is 14.5. The first-order chi connectivity index (χ1) is 16.8. The molecule has 3 N–H and O–H groups in total. The number of aromatic nitrogens is 1. The Labute approximate surface area is 200 Å². The second-order valence-corrected chi connectivity index (χ2v) is 7.90. The van der Waals surface area contributed by atoms with E-state index >= 15 is 0 Å². The Kier molecular flexibility index (Phi) is 6.75. The van der Waals surface area contributed by atoms with Crippen molar-refractivity contribution in [2.45, 2.75) is 19.1 Å². The third-order valence-corrected chi connectivity index (χ3v) is 5.44. The van der Waals surface area contributed by atoms with Gasteiger partial charge in [-0.2, -0.15) is 4.98 Å². The zero-order chi connectivity index (χ0) is 25.0. The molecule has 4 rings (SSSR count). The number of carbonyl (C=O) groups is 1. The van der Waals surface area contributed by atoms with Crippen LogP contribution < -0.4 is 15.2 Å². The van der Waals surface area contributed by atoms with Crippen molar-refractivity contribution < 1.29 is 28.2 Å². The molecule has 1 atom stereocenters. The molecule has 0 saturated carbocycles. The number of nitrogens with zero attached hydrogens (tertiary/aromatic N) is 1. The molecule has 0 saturated heterocycles. The van der Waals surface area contributed by atoms with Crippen LogP contribution in [0.5, 0.6) is 17.5 Å². The lowest BCUT2D eigenvalue weighted by Gasteiger charge is -2.26. The van der Waals surface area contributed by atoms with E-state index in [1.807, 2.05) is 30.3 Å². The Balaban J connectivity index is 1.66. The van der Waals surface area contributed by atoms with Crippen molar-refractivity contribution in [2.75, 3.05) is 0 Å². The van der Waals surface area contributed by atoms with Crippen molar-refractivity contribution in [1.29, 1.82) is 0 Å². The van der Waals surface area contributed by atoms with Gasteiger partial charge in [-0.05, 0) is 41.8 Å². The zero-order valence-electron chi connectivity index (χ0n) is 18.7. The van der Waals surface area contributed by atoms with Gasteiger partial charge in [-0.3, -0.25) is 0 Å². The van der Waals surface area contributed by atoms with Crippen molar-refractivity contribution >= 4 is 5.97 Å². The smallest absolute Gasteiger partial charge is 0.352 e. The topological polar surface area (TPSA) is 94.7 Å². The summed E-state index contributed by atoms with van der Waals surface area (Å²) >= 11 is 0. The number of ether oxygens (including phenoxy) is 2. The van der Waals surface area contributed by atoms with Gasteiger partial charge in [0.05, 0.1) is 0 Å². The standard InChI is InChI=1S/C27H22F2N2O4/c1-27(26(32)33,20-10-3-2-4-11-20)35-25-23(29)15-22(28)24(31-25)34-21-12-6-9-19(14-21)18-8-5-7-17(13-18)16-30/h2-15H,16,30H2,1H3,(H,32,33). The summed E-state index contributed by atoms with van der Waals surface area (Å²) in [5.41, 5.74) is 6.62. The fourth-order valence-corrected chi connectivity index (χ4v) is 3.48. The Hall–Kier alpha value is -4.30. The molecule has 0 fully saturated rings. The molecule has 0 bridgehead atoms. The lowest BCUT2D eigenvalue weighted by atomic mass is 9.96. The van der Waals surface area contributed by atoms with Crippen LogP contribution in [0.3, 0.4) is 0 Å². The van der Waals surface area contributed by atoms with Gasteiger partial charge in [0.25, 0.3) is 11.8 Å². The van der Waals surface area contributed by atoms with Crippen molar-refractivity contribution in [3.63, 3.8) is 0 Å². The number of rotatable bonds is 8. The maximum absolute atomic E-state index is 14.5. The molecule has 178 valence electrons. The van der Waals surface area contributed by atoms with Crippen LogP contribution in [0.2, 0.25) is 0 Å². The monoisotopic (exact) mass is 476 g/mol. The summed E-state index contributed by atoms with van der Waals surface area (Å²) in [7, 11) is 0. The number of carboxylic acid groups (broad SMARTS) is 1. The summed E-state index contributed by atoms with van der Waals surface area (Å²) < 4.78 is 40.2. The van der Waals surface area contributed by atoms with Gasteiger partial charge in [0.15, 0.2) is 11.6 Å². The molecular formula is C27H22F2N2O4. The van der Waals surface area contributed by atoms with Crippen molar-refractivity contribution in [3.8, 4) is 28.6 Å². The lowest BCUT2D eigenvalue weighted by Crippen LogP contribution is -2.39. The first kappa shape index (κ1) is 23.8. The average molecular weight is 476 g/mol. The van der Waals surface area contributed by atoms with Crippen LogP contribution in [0.15, 0.2) is 84.9 Å². The van der Waals surface area contributed by atoms with Crippen LogP contribution in [0.4, 0.5) is 8.78 Å². The normalized spacial score (nSPS) is 12.6. The summed E-state index contributed by atoms with van der Waals surface area (Å²) in [6, 6.07) is 23.0. The highest BCUT2D eigenvalue weighted by Crippen LogP contribution is 2.33. The minimum atomic E-state index is -1.97. The van der Waals surface area contributed by atoms with Crippen LogP contribution in [-0.4, -0.2) is 16.1 Å². The minimum Gasteiger partial charge on any atom is -0.478 e. The summed E-state index contributed by atoms with van der Waals surface area (Å²) in [6.45, 7) is 1.64. The third kappa shape index (κ3) is 5.12. The molecule has 3 aromatic carbocycles. The van der Waals surface area contributed by atoms with Crippen molar-refractivity contribution in [2.24, 2.45) is 5.73 Å². The second kappa shape index (κ2) is 9.90. The zero-order valence-corrected chi connectivity index (χ0v) is 18.7. The first-order valence-electron chi connectivity index (χ1n) is 10.7. The maximum Gasteiger partial charge on any atom is 0.352 e. The van der Waals surface area contributed by atoms with E-state index < -0.39 is 35.0 Å². The summed E-state index contributed by atoms with van der Waals surface area (Å²) in [4.78, 5) is 15.8. The molecule has 0 amide bonds. The molecule has 35 heavy (non-hydrogen) atoms. The minimum absolute atomic E-state index is 0.244. The van der Waals surface area contributed by atoms with Gasteiger partial charge in [-0.25, -0.2) is 13.6 Å². The van der Waals surface area contributed by atoms with Crippen LogP contribution in [0.25, 0.3) is 11.1 Å². The van der Waals surface area contributed by atoms with Crippen LogP contribution in [0, 0.1) is 11.6 Å². The highest BCUT2D eigenvalue weighted by Gasteiger charge is 2.39. The van der Waals surface area contributed by atoms with Gasteiger partial charge in [0.1, 0.15) is 5.75 Å². The van der Waals surface area contributed by atoms with Crippen LogP contribution in [0.1, 0.15) is 18.1 Å². The number of nitrogens with two attached hydrogens (primary N) is 1. The van der Waals surface area contributed by atoms with Crippen LogP contribution >= 0.6 is 0 Å². The molecule has 0 aliphatic carbocycles. The molecule has 4 aromatic rings. The molecule has 8 heteroatoms. The molecule has 1 unspecified atom stereocenters. The number of halogens is 2. The average Bonchev–Trinajstić information content (AvgIpc) is 2.87. The van der Waals surface area contributed by atoms with Gasteiger partial charge in [0, 0.05) is 18.2 Å². The van der Waals surface area contributed by atoms with Gasteiger partial charge >= 0.3 is 5.97 Å². The highest BCUT2D eigenvalue weighted by molar-refractivity contribution is 5.79. The SMILES string of the molecule is CC(Oc1nc(Oc2cccc(-c3cccc(CN)c3)c2)c(F)cc1F)(C(=O)O)c1ccccc1. The van der Waals surface area contributed by atoms with Crippen LogP contribution in [-0.2, 0) is 16.9 Å². The van der Waals surface area contributed by atoms with Crippen molar-refractivity contribution in [1.82, 2.24) is 4.98 Å². The molecule has 0 spiro atoms. The number of carboxylic acids is 1. The molecule has 0 aliphatic heterocycles. The Bertz CT molecular complexity index is 1360. The van der Waals surface area contributed by atoms with E-state index in [1.54, 1.807) is 36.4 Å². The molecule has 1 aromatic heterocycles. The van der Waals surface area contributed by atoms with Crippen molar-refractivity contribution in [3.05, 3.63) is 108 Å². The van der Waals surface area contributed by atoms with E-state index in [0.29, 0.717) is 12.6 Å². The molecule has 6 nitrogen and oxygen atoms in total. The highest BCUT2D eigenvalue weighted by atomic mass is 19.1. The Morgan fingerprint density at radius 1 is 0.914 bits per heavy atom. The van der Waals surface area contributed by atoms with Gasteiger partial charge in [0.2, 0.25) is 5.60 Å². The number of aliphatic carboxylic acids is 1. The summed E-state index contributed by atoms with van der Waals surface area (Å²) in [5.74, 6) is -4.62.